The topological polar surface area (TPSA) is 97.0 Å². The molecule has 0 aromatic heterocycles. The summed E-state index contributed by atoms with van der Waals surface area (Å²) < 4.78 is 0. The van der Waals surface area contributed by atoms with Gasteiger partial charge in [-0.1, -0.05) is 19.1 Å². The van der Waals surface area contributed by atoms with E-state index in [1.54, 1.807) is 6.92 Å². The number of hydrazine groups is 1. The van der Waals surface area contributed by atoms with Crippen molar-refractivity contribution in [3.8, 4) is 0 Å². The first-order chi connectivity index (χ1) is 12.1. The molecular weight excluding hydrogens is 324 g/mol. The van der Waals surface area contributed by atoms with Gasteiger partial charge in [0, 0.05) is 31.8 Å². The van der Waals surface area contributed by atoms with Crippen LogP contribution < -0.4 is 15.6 Å². The number of hydrogen-bond acceptors (Lipinski definition) is 6. The zero-order chi connectivity index (χ0) is 17.8. The van der Waals surface area contributed by atoms with Gasteiger partial charge < -0.3 is 15.8 Å². The van der Waals surface area contributed by atoms with Crippen LogP contribution in [0.2, 0.25) is 0 Å². The van der Waals surface area contributed by atoms with E-state index in [1.807, 2.05) is 24.3 Å². The van der Waals surface area contributed by atoms with Crippen LogP contribution in [0.25, 0.3) is 0 Å². The van der Waals surface area contributed by atoms with E-state index in [4.69, 9.17) is 4.84 Å². The first-order valence-corrected chi connectivity index (χ1v) is 8.61. The molecule has 1 aromatic carbocycles. The van der Waals surface area contributed by atoms with Gasteiger partial charge in [0.15, 0.2) is 0 Å². The third-order valence-electron chi connectivity index (χ3n) is 4.59. The third kappa shape index (κ3) is 4.28. The third-order valence-corrected chi connectivity index (χ3v) is 4.59. The average Bonchev–Trinajstić information content (AvgIpc) is 3.01. The number of carbonyl (C=O) groups excluding carboxylic acids is 2. The Morgan fingerprint density at radius 1 is 1.40 bits per heavy atom. The lowest BCUT2D eigenvalue weighted by Gasteiger charge is -2.32. The fraction of sp³-hybridized carbons (Fsp3) is 0.529. The van der Waals surface area contributed by atoms with Gasteiger partial charge in [0.25, 0.3) is 0 Å². The Balaban J connectivity index is 1.58. The normalized spacial score (nSPS) is 24.2. The monoisotopic (exact) mass is 347 g/mol. The van der Waals surface area contributed by atoms with Crippen LogP contribution in [-0.2, 0) is 14.4 Å². The van der Waals surface area contributed by atoms with E-state index in [0.29, 0.717) is 43.7 Å². The highest BCUT2D eigenvalue weighted by Gasteiger charge is 2.27. The highest BCUT2D eigenvalue weighted by Crippen LogP contribution is 2.28. The van der Waals surface area contributed by atoms with Gasteiger partial charge in [0.05, 0.1) is 12.2 Å². The van der Waals surface area contributed by atoms with Crippen LogP contribution in [0, 0.1) is 5.21 Å². The Hall–Kier alpha value is -2.16. The zero-order valence-electron chi connectivity index (χ0n) is 14.2. The van der Waals surface area contributed by atoms with Crippen molar-refractivity contribution in [1.29, 1.82) is 0 Å². The SMILES string of the molecule is CCC(=O)NC[C@H]1CN(c2ccc(C3CCC(=O)NC3)cc2)N([O-])O1. The lowest BCUT2D eigenvalue weighted by Crippen LogP contribution is -2.34. The second-order valence-corrected chi connectivity index (χ2v) is 6.34. The van der Waals surface area contributed by atoms with E-state index in [2.05, 4.69) is 10.6 Å². The second-order valence-electron chi connectivity index (χ2n) is 6.34. The highest BCUT2D eigenvalue weighted by molar-refractivity contribution is 5.77. The number of benzene rings is 1. The maximum Gasteiger partial charge on any atom is 0.220 e. The number of nitrogens with zero attached hydrogens (tertiary/aromatic N) is 2. The van der Waals surface area contributed by atoms with E-state index < -0.39 is 0 Å². The Kier molecular flexibility index (Phi) is 5.52. The molecule has 1 unspecified atom stereocenters. The van der Waals surface area contributed by atoms with Crippen LogP contribution >= 0.6 is 0 Å². The molecule has 2 amide bonds. The second kappa shape index (κ2) is 7.81. The van der Waals surface area contributed by atoms with Crippen molar-refractivity contribution in [3.63, 3.8) is 0 Å². The molecule has 8 nitrogen and oxygen atoms in total. The summed E-state index contributed by atoms with van der Waals surface area (Å²) in [7, 11) is 0. The minimum absolute atomic E-state index is 0.0663. The molecule has 136 valence electrons. The molecule has 2 heterocycles. The van der Waals surface area contributed by atoms with Crippen LogP contribution in [0.4, 0.5) is 5.69 Å². The Bertz CT molecular complexity index is 612. The van der Waals surface area contributed by atoms with Crippen molar-refractivity contribution < 1.29 is 14.4 Å². The van der Waals surface area contributed by atoms with Gasteiger partial charge in [0.1, 0.15) is 6.10 Å². The molecule has 2 fully saturated rings. The largest absolute Gasteiger partial charge is 0.743 e. The Labute approximate surface area is 146 Å². The maximum absolute atomic E-state index is 12.0. The van der Waals surface area contributed by atoms with E-state index in [-0.39, 0.29) is 17.9 Å². The smallest absolute Gasteiger partial charge is 0.220 e. The molecule has 0 radical (unpaired) electrons. The van der Waals surface area contributed by atoms with Gasteiger partial charge in [-0.3, -0.25) is 19.4 Å². The molecule has 0 bridgehead atoms. The van der Waals surface area contributed by atoms with Crippen LogP contribution in [0.5, 0.6) is 0 Å². The first-order valence-electron chi connectivity index (χ1n) is 8.61. The number of rotatable bonds is 5. The van der Waals surface area contributed by atoms with Crippen LogP contribution in [0.15, 0.2) is 24.3 Å². The summed E-state index contributed by atoms with van der Waals surface area (Å²) in [5.74, 6) is 0.343. The molecule has 2 aliphatic heterocycles. The summed E-state index contributed by atoms with van der Waals surface area (Å²) in [5, 5.41) is 19.6. The number of anilines is 1. The van der Waals surface area contributed by atoms with Crippen molar-refractivity contribution in [2.75, 3.05) is 24.6 Å². The lowest BCUT2D eigenvalue weighted by molar-refractivity contribution is -0.126. The molecule has 0 aliphatic carbocycles. The minimum Gasteiger partial charge on any atom is -0.743 e. The summed E-state index contributed by atoms with van der Waals surface area (Å²) >= 11 is 0. The molecule has 2 atom stereocenters. The molecule has 8 heteroatoms. The standard InChI is InChI=1S/C17H23N4O4/c1-2-16(22)19-10-15-11-20(21(24)25-15)14-6-3-12(4-7-14)13-5-8-17(23)18-9-13/h3-4,6-7,13,15H,2,5,8-11H2,1H3,(H,18,23)(H,19,22)/q-1/t13?,15-/m0/s1. The predicted molar refractivity (Wildman–Crippen MR) is 92.2 cm³/mol. The number of piperidine rings is 1. The lowest BCUT2D eigenvalue weighted by atomic mass is 9.91. The maximum atomic E-state index is 12.0. The molecule has 2 aliphatic rings. The summed E-state index contributed by atoms with van der Waals surface area (Å²) in [6.07, 6.45) is 1.42. The van der Waals surface area contributed by atoms with E-state index >= 15 is 0 Å². The van der Waals surface area contributed by atoms with E-state index in [9.17, 15) is 14.8 Å². The van der Waals surface area contributed by atoms with Gasteiger partial charge in [-0.15, -0.1) is 0 Å². The number of carbonyl (C=O) groups is 2. The first kappa shape index (κ1) is 17.7. The van der Waals surface area contributed by atoms with Crippen LogP contribution in [0.3, 0.4) is 0 Å². The van der Waals surface area contributed by atoms with Crippen molar-refractivity contribution in [1.82, 2.24) is 16.0 Å². The summed E-state index contributed by atoms with van der Waals surface area (Å²) in [5.41, 5.74) is 1.89. The molecule has 0 spiro atoms. The molecule has 2 saturated heterocycles. The predicted octanol–water partition coefficient (Wildman–Crippen LogP) is 1.04. The van der Waals surface area contributed by atoms with Crippen LogP contribution in [0.1, 0.15) is 37.7 Å². The number of amides is 2. The molecule has 1 aromatic rings. The number of hydrogen-bond donors (Lipinski definition) is 2. The van der Waals surface area contributed by atoms with Crippen molar-refractivity contribution >= 4 is 17.5 Å². The molecule has 2 N–H and O–H groups in total. The average molecular weight is 347 g/mol. The summed E-state index contributed by atoms with van der Waals surface area (Å²) in [6, 6.07) is 7.73. The van der Waals surface area contributed by atoms with Gasteiger partial charge in [0.2, 0.25) is 11.8 Å². The van der Waals surface area contributed by atoms with E-state index in [0.717, 1.165) is 17.7 Å². The van der Waals surface area contributed by atoms with Crippen molar-refractivity contribution in [3.05, 3.63) is 35.0 Å². The van der Waals surface area contributed by atoms with Crippen LogP contribution in [-0.4, -0.2) is 42.9 Å². The minimum atomic E-state index is -0.374. The van der Waals surface area contributed by atoms with Gasteiger partial charge in [-0.05, 0) is 24.1 Å². The Morgan fingerprint density at radius 2 is 2.16 bits per heavy atom. The molecule has 0 saturated carbocycles. The quantitative estimate of drug-likeness (QED) is 0.826. The van der Waals surface area contributed by atoms with Gasteiger partial charge in [-0.2, -0.15) is 5.34 Å². The van der Waals surface area contributed by atoms with Gasteiger partial charge >= 0.3 is 0 Å². The molecule has 3 rings (SSSR count). The Morgan fingerprint density at radius 3 is 2.80 bits per heavy atom. The summed E-state index contributed by atoms with van der Waals surface area (Å²) in [6.45, 7) is 3.11. The van der Waals surface area contributed by atoms with E-state index in [1.165, 1.54) is 5.01 Å². The van der Waals surface area contributed by atoms with Crippen molar-refractivity contribution in [2.45, 2.75) is 38.2 Å². The molecular formula is C17H23N4O4-. The van der Waals surface area contributed by atoms with Gasteiger partial charge in [-0.25, -0.2) is 0 Å². The highest BCUT2D eigenvalue weighted by atomic mass is 16.9. The summed E-state index contributed by atoms with van der Waals surface area (Å²) in [4.78, 5) is 27.8. The fourth-order valence-electron chi connectivity index (χ4n) is 3.07. The zero-order valence-corrected chi connectivity index (χ0v) is 14.2. The fourth-order valence-corrected chi connectivity index (χ4v) is 3.07. The number of nitrogens with one attached hydrogen (secondary N) is 2. The van der Waals surface area contributed by atoms with Crippen molar-refractivity contribution in [2.24, 2.45) is 0 Å². The molecule has 25 heavy (non-hydrogen) atoms.